The van der Waals surface area contributed by atoms with Crippen LogP contribution in [0.3, 0.4) is 0 Å². The molecule has 0 bridgehead atoms. The summed E-state index contributed by atoms with van der Waals surface area (Å²) in [6, 6.07) is 39.4. The van der Waals surface area contributed by atoms with Crippen molar-refractivity contribution in [3.8, 4) is 22.4 Å². The lowest BCUT2D eigenvalue weighted by molar-refractivity contribution is 0.0476. The maximum Gasteiger partial charge on any atom is 0.339 e. The largest absolute Gasteiger partial charge is 0.454 e. The second-order valence-corrected chi connectivity index (χ2v) is 10.6. The molecule has 216 valence electrons. The lowest BCUT2D eigenvalue weighted by Gasteiger charge is -2.15. The Morgan fingerprint density at radius 3 is 1.89 bits per heavy atom. The molecule has 1 aliphatic heterocycles. The number of hydrogen-bond acceptors (Lipinski definition) is 6. The number of anilines is 1. The highest BCUT2D eigenvalue weighted by Gasteiger charge is 2.36. The average molecular weight is 589 g/mol. The number of esters is 1. The Labute approximate surface area is 258 Å². The van der Waals surface area contributed by atoms with Gasteiger partial charge in [-0.1, -0.05) is 97.1 Å². The average Bonchev–Trinajstić information content (AvgIpc) is 3.36. The maximum atomic E-state index is 13.3. The molecular weight excluding hydrogens is 564 g/mol. The number of imide groups is 1. The molecule has 1 aromatic heterocycles. The fraction of sp³-hybridized carbons (Fsp3) is 0.0263. The molecule has 0 saturated heterocycles. The summed E-state index contributed by atoms with van der Waals surface area (Å²) in [6.45, 7) is -0.412. The van der Waals surface area contributed by atoms with Gasteiger partial charge < -0.3 is 4.74 Å². The lowest BCUT2D eigenvalue weighted by atomic mass is 10.0. The van der Waals surface area contributed by atoms with E-state index in [4.69, 9.17) is 9.72 Å². The summed E-state index contributed by atoms with van der Waals surface area (Å²) in [5, 5.41) is 0.591. The van der Waals surface area contributed by atoms with Crippen molar-refractivity contribution in [3.63, 3.8) is 0 Å². The minimum Gasteiger partial charge on any atom is -0.454 e. The summed E-state index contributed by atoms with van der Waals surface area (Å²) in [5.41, 5.74) is 5.66. The number of para-hydroxylation sites is 1. The van der Waals surface area contributed by atoms with Gasteiger partial charge in [0.05, 0.1) is 33.6 Å². The zero-order valence-electron chi connectivity index (χ0n) is 23.8. The van der Waals surface area contributed by atoms with Gasteiger partial charge >= 0.3 is 5.97 Å². The Kier molecular flexibility index (Phi) is 7.04. The Balaban J connectivity index is 1.11. The van der Waals surface area contributed by atoms with Crippen LogP contribution in [0.25, 0.3) is 33.3 Å². The molecule has 0 unspecified atom stereocenters. The predicted octanol–water partition coefficient (Wildman–Crippen LogP) is 7.41. The van der Waals surface area contributed by atoms with E-state index in [0.29, 0.717) is 44.5 Å². The standard InChI is InChI=1S/C38H24N2O5/c41-35(27-16-14-25(15-17-27)24-8-2-1-3-9-24)23-45-38(44)32-22-34(39-33-13-7-6-10-29(32)33)26-18-20-28(21-19-26)40-36(42)30-11-4-5-12-31(30)37(40)43/h1-22H,23H2. The summed E-state index contributed by atoms with van der Waals surface area (Å²) >= 11 is 0. The minimum atomic E-state index is -0.647. The number of pyridine rings is 1. The van der Waals surface area contributed by atoms with E-state index in [0.717, 1.165) is 16.0 Å². The first-order valence-electron chi connectivity index (χ1n) is 14.3. The Morgan fingerprint density at radius 1 is 0.622 bits per heavy atom. The van der Waals surface area contributed by atoms with Gasteiger partial charge in [0.2, 0.25) is 0 Å². The third kappa shape index (κ3) is 5.17. The molecule has 1 aliphatic rings. The van der Waals surface area contributed by atoms with Gasteiger partial charge in [-0.2, -0.15) is 0 Å². The van der Waals surface area contributed by atoms with Crippen molar-refractivity contribution >= 4 is 40.2 Å². The topological polar surface area (TPSA) is 93.6 Å². The number of Topliss-reactive ketones (excluding diaryl/α,β-unsaturated/α-hetero) is 1. The minimum absolute atomic E-state index is 0.271. The molecule has 0 aliphatic carbocycles. The van der Waals surface area contributed by atoms with E-state index in [9.17, 15) is 19.2 Å². The fourth-order valence-corrected chi connectivity index (χ4v) is 5.47. The number of hydrogen-bond donors (Lipinski definition) is 0. The summed E-state index contributed by atoms with van der Waals surface area (Å²) in [4.78, 5) is 58.0. The third-order valence-electron chi connectivity index (χ3n) is 7.80. The normalized spacial score (nSPS) is 12.3. The molecule has 0 atom stereocenters. The van der Waals surface area contributed by atoms with Crippen molar-refractivity contribution in [2.75, 3.05) is 11.5 Å². The number of carbonyl (C=O) groups is 4. The molecule has 7 nitrogen and oxygen atoms in total. The first-order chi connectivity index (χ1) is 22.0. The number of fused-ring (bicyclic) bond motifs is 2. The highest BCUT2D eigenvalue weighted by Crippen LogP contribution is 2.31. The maximum absolute atomic E-state index is 13.3. The van der Waals surface area contributed by atoms with Gasteiger partial charge in [-0.25, -0.2) is 14.7 Å². The van der Waals surface area contributed by atoms with Crippen LogP contribution in [0.15, 0.2) is 133 Å². The van der Waals surface area contributed by atoms with Gasteiger partial charge in [0.15, 0.2) is 12.4 Å². The molecule has 0 N–H and O–H groups in total. The molecule has 0 fully saturated rings. The zero-order valence-corrected chi connectivity index (χ0v) is 23.8. The zero-order chi connectivity index (χ0) is 30.9. The Bertz CT molecular complexity index is 2090. The number of rotatable bonds is 7. The van der Waals surface area contributed by atoms with Crippen molar-refractivity contribution in [1.29, 1.82) is 0 Å². The van der Waals surface area contributed by atoms with Crippen molar-refractivity contribution in [3.05, 3.63) is 156 Å². The first kappa shape index (κ1) is 27.6. The summed E-state index contributed by atoms with van der Waals surface area (Å²) in [7, 11) is 0. The van der Waals surface area contributed by atoms with Crippen molar-refractivity contribution in [1.82, 2.24) is 4.98 Å². The van der Waals surface area contributed by atoms with Crippen LogP contribution in [0, 0.1) is 0 Å². The third-order valence-corrected chi connectivity index (χ3v) is 7.80. The number of ketones is 1. The van der Waals surface area contributed by atoms with E-state index in [-0.39, 0.29) is 23.2 Å². The van der Waals surface area contributed by atoms with Crippen LogP contribution in [-0.2, 0) is 4.74 Å². The van der Waals surface area contributed by atoms with Gasteiger partial charge in [-0.05, 0) is 47.5 Å². The number of nitrogens with zero attached hydrogens (tertiary/aromatic N) is 2. The van der Waals surface area contributed by atoms with E-state index in [1.807, 2.05) is 48.5 Å². The molecule has 2 heterocycles. The van der Waals surface area contributed by atoms with Crippen molar-refractivity contribution in [2.24, 2.45) is 0 Å². The number of aromatic nitrogens is 1. The Morgan fingerprint density at radius 2 is 1.20 bits per heavy atom. The number of benzene rings is 5. The van der Waals surface area contributed by atoms with E-state index in [1.165, 1.54) is 0 Å². The van der Waals surface area contributed by atoms with E-state index in [2.05, 4.69) is 0 Å². The number of amides is 2. The van der Waals surface area contributed by atoms with Gasteiger partial charge in [0.25, 0.3) is 11.8 Å². The molecule has 6 aromatic rings. The van der Waals surface area contributed by atoms with Crippen molar-refractivity contribution < 1.29 is 23.9 Å². The molecule has 45 heavy (non-hydrogen) atoms. The van der Waals surface area contributed by atoms with E-state index < -0.39 is 12.6 Å². The monoisotopic (exact) mass is 588 g/mol. The lowest BCUT2D eigenvalue weighted by Crippen LogP contribution is -2.29. The van der Waals surface area contributed by atoms with Crippen LogP contribution in [0.4, 0.5) is 5.69 Å². The fourth-order valence-electron chi connectivity index (χ4n) is 5.47. The van der Waals surface area contributed by atoms with Crippen LogP contribution in [0.2, 0.25) is 0 Å². The molecule has 5 aromatic carbocycles. The highest BCUT2D eigenvalue weighted by molar-refractivity contribution is 6.34. The van der Waals surface area contributed by atoms with Gasteiger partial charge in [0.1, 0.15) is 0 Å². The number of carbonyl (C=O) groups excluding carboxylic acids is 4. The van der Waals surface area contributed by atoms with Crippen molar-refractivity contribution in [2.45, 2.75) is 0 Å². The Hall–Kier alpha value is -6.21. The SMILES string of the molecule is O=C(COC(=O)c1cc(-c2ccc(N3C(=O)c4ccccc4C3=O)cc2)nc2ccccc12)c1ccc(-c2ccccc2)cc1. The molecular formula is C38H24N2O5. The van der Waals surface area contributed by atoms with Gasteiger partial charge in [0, 0.05) is 16.5 Å². The molecule has 2 amide bonds. The highest BCUT2D eigenvalue weighted by atomic mass is 16.5. The number of ether oxygens (including phenoxy) is 1. The van der Waals surface area contributed by atoms with Crippen LogP contribution in [0.5, 0.6) is 0 Å². The summed E-state index contributed by atoms with van der Waals surface area (Å²) in [5.74, 6) is -1.71. The molecule has 7 rings (SSSR count). The van der Waals surface area contributed by atoms with Crippen LogP contribution < -0.4 is 4.90 Å². The molecule has 0 saturated carbocycles. The molecule has 0 spiro atoms. The van der Waals surface area contributed by atoms with Gasteiger partial charge in [-0.3, -0.25) is 14.4 Å². The first-order valence-corrected chi connectivity index (χ1v) is 14.3. The second kappa shape index (κ2) is 11.5. The second-order valence-electron chi connectivity index (χ2n) is 10.6. The summed E-state index contributed by atoms with van der Waals surface area (Å²) in [6.07, 6.45) is 0. The molecule has 0 radical (unpaired) electrons. The van der Waals surface area contributed by atoms with Crippen LogP contribution in [0.1, 0.15) is 41.4 Å². The molecule has 7 heteroatoms. The summed E-state index contributed by atoms with van der Waals surface area (Å²) < 4.78 is 5.50. The van der Waals surface area contributed by atoms with Gasteiger partial charge in [-0.15, -0.1) is 0 Å². The predicted molar refractivity (Wildman–Crippen MR) is 171 cm³/mol. The van der Waals surface area contributed by atoms with Crippen LogP contribution >= 0.6 is 0 Å². The van der Waals surface area contributed by atoms with Crippen LogP contribution in [-0.4, -0.2) is 35.2 Å². The van der Waals surface area contributed by atoms with E-state index in [1.54, 1.807) is 84.9 Å². The smallest absolute Gasteiger partial charge is 0.339 e. The quantitative estimate of drug-likeness (QED) is 0.110. The van der Waals surface area contributed by atoms with E-state index >= 15 is 0 Å².